The van der Waals surface area contributed by atoms with Gasteiger partial charge in [-0.25, -0.2) is 4.98 Å². The maximum Gasteiger partial charge on any atom is 0.137 e. The fourth-order valence-electron chi connectivity index (χ4n) is 4.95. The number of hydrogen-bond donors (Lipinski definition) is 1. The van der Waals surface area contributed by atoms with Gasteiger partial charge in [-0.2, -0.15) is 10.2 Å². The summed E-state index contributed by atoms with van der Waals surface area (Å²) in [6.45, 7) is 5.82. The van der Waals surface area contributed by atoms with Crippen LogP contribution in [0.1, 0.15) is 37.5 Å². The van der Waals surface area contributed by atoms with E-state index in [1.54, 1.807) is 12.3 Å². The first-order valence-corrected chi connectivity index (χ1v) is 12.6. The van der Waals surface area contributed by atoms with Crippen molar-refractivity contribution in [2.45, 2.75) is 38.0 Å². The number of piperidine rings is 1. The third-order valence-corrected chi connectivity index (χ3v) is 7.66. The van der Waals surface area contributed by atoms with Crippen molar-refractivity contribution in [1.82, 2.24) is 29.9 Å². The van der Waals surface area contributed by atoms with Gasteiger partial charge in [0.1, 0.15) is 22.7 Å². The smallest absolute Gasteiger partial charge is 0.137 e. The van der Waals surface area contributed by atoms with Gasteiger partial charge in [0.2, 0.25) is 0 Å². The highest BCUT2D eigenvalue weighted by Crippen LogP contribution is 2.35. The minimum atomic E-state index is -0.364. The van der Waals surface area contributed by atoms with E-state index in [0.29, 0.717) is 33.6 Å². The molecule has 1 aromatic carbocycles. The predicted molar refractivity (Wildman–Crippen MR) is 135 cm³/mol. The van der Waals surface area contributed by atoms with Gasteiger partial charge in [-0.05, 0) is 44.0 Å². The number of rotatable bonds is 6. The summed E-state index contributed by atoms with van der Waals surface area (Å²) in [4.78, 5) is 6.67. The zero-order chi connectivity index (χ0) is 23.9. The molecule has 35 heavy (non-hydrogen) atoms. The SMILES string of the molecule is CC(Oc1ccc2[nH]nc(-c3cnn(C4CCN(C5COC5)CC4)c3)c2c1)c1c(Cl)ccnc1Cl. The molecule has 0 aliphatic carbocycles. The Balaban J connectivity index is 1.20. The van der Waals surface area contributed by atoms with Crippen molar-refractivity contribution in [1.29, 1.82) is 0 Å². The van der Waals surface area contributed by atoms with E-state index < -0.39 is 0 Å². The van der Waals surface area contributed by atoms with Crippen LogP contribution in [0.5, 0.6) is 5.75 Å². The first-order valence-electron chi connectivity index (χ1n) is 11.9. The molecule has 2 fully saturated rings. The molecule has 0 spiro atoms. The van der Waals surface area contributed by atoms with E-state index in [4.69, 9.17) is 32.7 Å². The van der Waals surface area contributed by atoms with Crippen LogP contribution < -0.4 is 4.74 Å². The van der Waals surface area contributed by atoms with Crippen LogP contribution in [0.4, 0.5) is 0 Å². The highest BCUT2D eigenvalue weighted by Gasteiger charge is 2.30. The molecule has 8 nitrogen and oxygen atoms in total. The average Bonchev–Trinajstić information content (AvgIpc) is 3.45. The monoisotopic (exact) mass is 512 g/mol. The average molecular weight is 513 g/mol. The summed E-state index contributed by atoms with van der Waals surface area (Å²) in [6.07, 6.45) is 7.40. The van der Waals surface area contributed by atoms with Crippen molar-refractivity contribution in [3.63, 3.8) is 0 Å². The number of nitrogens with zero attached hydrogens (tertiary/aromatic N) is 5. The Morgan fingerprint density at radius 1 is 1.14 bits per heavy atom. The van der Waals surface area contributed by atoms with Crippen molar-refractivity contribution < 1.29 is 9.47 Å². The van der Waals surface area contributed by atoms with Crippen LogP contribution in [0.15, 0.2) is 42.9 Å². The number of aromatic nitrogens is 5. The van der Waals surface area contributed by atoms with Crippen LogP contribution in [0.2, 0.25) is 10.2 Å². The first-order chi connectivity index (χ1) is 17.1. The van der Waals surface area contributed by atoms with Crippen molar-refractivity contribution in [3.8, 4) is 17.0 Å². The van der Waals surface area contributed by atoms with E-state index in [0.717, 1.165) is 61.3 Å². The summed E-state index contributed by atoms with van der Waals surface area (Å²) in [5.74, 6) is 0.698. The zero-order valence-corrected chi connectivity index (χ0v) is 20.8. The van der Waals surface area contributed by atoms with Crippen LogP contribution >= 0.6 is 23.2 Å². The number of fused-ring (bicyclic) bond motifs is 1. The molecule has 5 heterocycles. The van der Waals surface area contributed by atoms with Crippen LogP contribution in [-0.4, -0.2) is 62.2 Å². The molecule has 2 aliphatic heterocycles. The number of H-pyrrole nitrogens is 1. The van der Waals surface area contributed by atoms with Crippen molar-refractivity contribution in [2.75, 3.05) is 26.3 Å². The van der Waals surface area contributed by atoms with Gasteiger partial charge in [0.05, 0.1) is 42.0 Å². The summed E-state index contributed by atoms with van der Waals surface area (Å²) in [6, 6.07) is 8.57. The van der Waals surface area contributed by atoms with E-state index in [2.05, 4.69) is 36.1 Å². The zero-order valence-electron chi connectivity index (χ0n) is 19.3. The fraction of sp³-hybridized carbons (Fsp3) is 0.400. The van der Waals surface area contributed by atoms with Crippen LogP contribution in [0.25, 0.3) is 22.2 Å². The third kappa shape index (κ3) is 4.40. The lowest BCUT2D eigenvalue weighted by Gasteiger charge is -2.41. The van der Waals surface area contributed by atoms with Crippen molar-refractivity contribution in [2.24, 2.45) is 0 Å². The molecule has 1 N–H and O–H groups in total. The summed E-state index contributed by atoms with van der Waals surface area (Å²) in [5.41, 5.74) is 3.43. The lowest BCUT2D eigenvalue weighted by Crippen LogP contribution is -2.51. The van der Waals surface area contributed by atoms with Crippen molar-refractivity contribution in [3.05, 3.63) is 58.6 Å². The first kappa shape index (κ1) is 22.8. The second-order valence-electron chi connectivity index (χ2n) is 9.20. The molecule has 0 amide bonds. The maximum absolute atomic E-state index is 6.34. The fourth-order valence-corrected chi connectivity index (χ4v) is 5.61. The second-order valence-corrected chi connectivity index (χ2v) is 9.97. The van der Waals surface area contributed by atoms with Crippen LogP contribution in [0, 0.1) is 0 Å². The summed E-state index contributed by atoms with van der Waals surface area (Å²) in [7, 11) is 0. The summed E-state index contributed by atoms with van der Waals surface area (Å²) < 4.78 is 13.6. The number of hydrogen-bond acceptors (Lipinski definition) is 6. The third-order valence-electron chi connectivity index (χ3n) is 7.03. The van der Waals surface area contributed by atoms with Gasteiger partial charge in [0.15, 0.2) is 0 Å². The predicted octanol–water partition coefficient (Wildman–Crippen LogP) is 5.30. The quantitative estimate of drug-likeness (QED) is 0.353. The van der Waals surface area contributed by atoms with Crippen molar-refractivity contribution >= 4 is 34.1 Å². The number of likely N-dealkylation sites (tertiary alicyclic amines) is 1. The maximum atomic E-state index is 6.34. The normalized spacial score (nSPS) is 18.6. The Morgan fingerprint density at radius 2 is 1.97 bits per heavy atom. The van der Waals surface area contributed by atoms with Gasteiger partial charge >= 0.3 is 0 Å². The lowest BCUT2D eigenvalue weighted by atomic mass is 10.0. The number of pyridine rings is 1. The van der Waals surface area contributed by atoms with Gasteiger partial charge in [-0.1, -0.05) is 23.2 Å². The number of aromatic amines is 1. The minimum absolute atomic E-state index is 0.342. The van der Waals surface area contributed by atoms with Gasteiger partial charge in [-0.15, -0.1) is 0 Å². The van der Waals surface area contributed by atoms with E-state index in [9.17, 15) is 0 Å². The molecule has 4 aromatic rings. The summed E-state index contributed by atoms with van der Waals surface area (Å²) >= 11 is 12.6. The summed E-state index contributed by atoms with van der Waals surface area (Å²) in [5, 5.41) is 14.2. The number of ether oxygens (including phenoxy) is 2. The minimum Gasteiger partial charge on any atom is -0.486 e. The molecule has 0 radical (unpaired) electrons. The number of nitrogens with one attached hydrogen (secondary N) is 1. The Kier molecular flexibility index (Phi) is 6.14. The molecule has 1 atom stereocenters. The van der Waals surface area contributed by atoms with E-state index in [1.807, 2.05) is 31.3 Å². The van der Waals surface area contributed by atoms with E-state index in [1.165, 1.54) is 0 Å². The Morgan fingerprint density at radius 3 is 2.71 bits per heavy atom. The standard InChI is InChI=1S/C25H26Cl2N6O2/c1-15(23-21(26)4-7-28-25(23)27)35-19-2-3-22-20(10-19)24(31-30-22)16-11-29-33(12-16)17-5-8-32(9-6-17)18-13-34-14-18/h2-4,7,10-12,15,17-18H,5-6,8-9,13-14H2,1H3,(H,30,31). The Labute approximate surface area is 213 Å². The highest BCUT2D eigenvalue weighted by atomic mass is 35.5. The highest BCUT2D eigenvalue weighted by molar-refractivity contribution is 6.35. The van der Waals surface area contributed by atoms with Gasteiger partial charge in [0.25, 0.3) is 0 Å². The van der Waals surface area contributed by atoms with Crippen LogP contribution in [0.3, 0.4) is 0 Å². The molecule has 2 saturated heterocycles. The molecular weight excluding hydrogens is 487 g/mol. The molecule has 0 bridgehead atoms. The van der Waals surface area contributed by atoms with Crippen LogP contribution in [-0.2, 0) is 4.74 Å². The second kappa shape index (κ2) is 9.43. The topological polar surface area (TPSA) is 81.1 Å². The molecule has 10 heteroatoms. The van der Waals surface area contributed by atoms with E-state index in [-0.39, 0.29) is 6.10 Å². The number of benzene rings is 1. The van der Waals surface area contributed by atoms with E-state index >= 15 is 0 Å². The molecule has 6 rings (SSSR count). The largest absolute Gasteiger partial charge is 0.486 e. The molecule has 2 aliphatic rings. The molecule has 1 unspecified atom stereocenters. The van der Waals surface area contributed by atoms with Gasteiger partial charge < -0.3 is 9.47 Å². The number of halogens is 2. The Hall–Kier alpha value is -2.65. The molecule has 182 valence electrons. The lowest BCUT2D eigenvalue weighted by molar-refractivity contribution is -0.0734. The molecule has 3 aromatic heterocycles. The van der Waals surface area contributed by atoms with Gasteiger partial charge in [-0.3, -0.25) is 14.7 Å². The Bertz CT molecular complexity index is 1320. The molecular formula is C25H26Cl2N6O2. The molecule has 0 saturated carbocycles. The van der Waals surface area contributed by atoms with Gasteiger partial charge in [0, 0.05) is 42.0 Å².